The van der Waals surface area contributed by atoms with E-state index in [0.29, 0.717) is 0 Å². The average molecular weight is 238 g/mol. The Kier molecular flexibility index (Phi) is 4.87. The molecule has 1 unspecified atom stereocenters. The lowest BCUT2D eigenvalue weighted by molar-refractivity contribution is 0.223. The third-order valence-electron chi connectivity index (χ3n) is 5.03. The fourth-order valence-corrected chi connectivity index (χ4v) is 3.53. The standard InChI is InChI=1S/C15H30N2/c1-12(2)13-6-8-14(9-7-13)16-11-15-5-4-10-17(15)3/h12-16H,4-11H2,1-3H3. The smallest absolute Gasteiger partial charge is 0.0218 e. The van der Waals surface area contributed by atoms with Crippen LogP contribution in [-0.2, 0) is 0 Å². The van der Waals surface area contributed by atoms with Crippen LogP contribution in [0.1, 0.15) is 52.4 Å². The molecule has 0 aromatic carbocycles. The lowest BCUT2D eigenvalue weighted by Gasteiger charge is -2.32. The molecule has 0 amide bonds. The molecule has 1 heterocycles. The topological polar surface area (TPSA) is 15.3 Å². The summed E-state index contributed by atoms with van der Waals surface area (Å²) in [7, 11) is 2.27. The van der Waals surface area contributed by atoms with Crippen molar-refractivity contribution < 1.29 is 0 Å². The van der Waals surface area contributed by atoms with Crippen LogP contribution >= 0.6 is 0 Å². The van der Waals surface area contributed by atoms with Crippen LogP contribution in [0, 0.1) is 11.8 Å². The van der Waals surface area contributed by atoms with Gasteiger partial charge in [0.25, 0.3) is 0 Å². The van der Waals surface area contributed by atoms with Crippen LogP contribution in [0.5, 0.6) is 0 Å². The van der Waals surface area contributed by atoms with Crippen LogP contribution in [0.2, 0.25) is 0 Å². The quantitative estimate of drug-likeness (QED) is 0.810. The molecule has 0 spiro atoms. The molecule has 17 heavy (non-hydrogen) atoms. The van der Waals surface area contributed by atoms with Gasteiger partial charge in [0.05, 0.1) is 0 Å². The van der Waals surface area contributed by atoms with Crippen molar-refractivity contribution in [1.82, 2.24) is 10.2 Å². The summed E-state index contributed by atoms with van der Waals surface area (Å²) >= 11 is 0. The van der Waals surface area contributed by atoms with Gasteiger partial charge in [-0.05, 0) is 64.0 Å². The van der Waals surface area contributed by atoms with Crippen molar-refractivity contribution >= 4 is 0 Å². The molecular weight excluding hydrogens is 208 g/mol. The summed E-state index contributed by atoms with van der Waals surface area (Å²) in [4.78, 5) is 2.52. The molecule has 0 bridgehead atoms. The van der Waals surface area contributed by atoms with Gasteiger partial charge in [-0.2, -0.15) is 0 Å². The van der Waals surface area contributed by atoms with Gasteiger partial charge < -0.3 is 10.2 Å². The summed E-state index contributed by atoms with van der Waals surface area (Å²) in [5, 5.41) is 3.81. The number of likely N-dealkylation sites (tertiary alicyclic amines) is 1. The molecule has 2 aliphatic rings. The summed E-state index contributed by atoms with van der Waals surface area (Å²) in [6.45, 7) is 7.28. The third-order valence-corrected chi connectivity index (χ3v) is 5.03. The van der Waals surface area contributed by atoms with Gasteiger partial charge in [0.1, 0.15) is 0 Å². The first-order chi connectivity index (χ1) is 8.16. The zero-order valence-corrected chi connectivity index (χ0v) is 11.9. The van der Waals surface area contributed by atoms with Gasteiger partial charge in [0.2, 0.25) is 0 Å². The molecule has 2 fully saturated rings. The van der Waals surface area contributed by atoms with Crippen molar-refractivity contribution in [3.8, 4) is 0 Å². The van der Waals surface area contributed by atoms with E-state index in [2.05, 4.69) is 31.1 Å². The number of nitrogens with zero attached hydrogens (tertiary/aromatic N) is 1. The summed E-state index contributed by atoms with van der Waals surface area (Å²) in [5.41, 5.74) is 0. The highest BCUT2D eigenvalue weighted by atomic mass is 15.2. The van der Waals surface area contributed by atoms with E-state index in [9.17, 15) is 0 Å². The van der Waals surface area contributed by atoms with Gasteiger partial charge in [-0.15, -0.1) is 0 Å². The fraction of sp³-hybridized carbons (Fsp3) is 1.00. The third kappa shape index (κ3) is 3.69. The fourth-order valence-electron chi connectivity index (χ4n) is 3.53. The Morgan fingerprint density at radius 1 is 1.12 bits per heavy atom. The maximum Gasteiger partial charge on any atom is 0.0218 e. The Bertz CT molecular complexity index is 219. The monoisotopic (exact) mass is 238 g/mol. The van der Waals surface area contributed by atoms with Crippen LogP contribution in [0.25, 0.3) is 0 Å². The van der Waals surface area contributed by atoms with Crippen LogP contribution in [0.3, 0.4) is 0 Å². The van der Waals surface area contributed by atoms with Crippen LogP contribution < -0.4 is 5.32 Å². The Morgan fingerprint density at radius 3 is 2.35 bits per heavy atom. The largest absolute Gasteiger partial charge is 0.312 e. The van der Waals surface area contributed by atoms with Gasteiger partial charge >= 0.3 is 0 Å². The highest BCUT2D eigenvalue weighted by molar-refractivity contribution is 4.83. The number of hydrogen-bond donors (Lipinski definition) is 1. The second-order valence-corrected chi connectivity index (χ2v) is 6.54. The van der Waals surface area contributed by atoms with Crippen LogP contribution in [0.15, 0.2) is 0 Å². The molecule has 1 aliphatic carbocycles. The molecule has 1 atom stereocenters. The van der Waals surface area contributed by atoms with Crippen molar-refractivity contribution in [2.24, 2.45) is 11.8 Å². The predicted octanol–water partition coefficient (Wildman–Crippen LogP) is 2.89. The van der Waals surface area contributed by atoms with Crippen molar-refractivity contribution in [1.29, 1.82) is 0 Å². The zero-order valence-electron chi connectivity index (χ0n) is 11.9. The Labute approximate surface area is 107 Å². The number of nitrogens with one attached hydrogen (secondary N) is 1. The van der Waals surface area contributed by atoms with Crippen molar-refractivity contribution in [2.75, 3.05) is 20.1 Å². The summed E-state index contributed by atoms with van der Waals surface area (Å²) in [5.74, 6) is 1.87. The SMILES string of the molecule is CC(C)C1CCC(NCC2CCCN2C)CC1. The average Bonchev–Trinajstić information content (AvgIpc) is 2.73. The second kappa shape index (κ2) is 6.19. The van der Waals surface area contributed by atoms with Gasteiger partial charge in [-0.1, -0.05) is 13.8 Å². The summed E-state index contributed by atoms with van der Waals surface area (Å²) < 4.78 is 0. The molecule has 0 radical (unpaired) electrons. The molecule has 100 valence electrons. The minimum atomic E-state index is 0.804. The van der Waals surface area contributed by atoms with Gasteiger partial charge in [0, 0.05) is 18.6 Å². The molecule has 1 N–H and O–H groups in total. The molecule has 0 aromatic rings. The van der Waals surface area contributed by atoms with Crippen LogP contribution in [-0.4, -0.2) is 37.1 Å². The van der Waals surface area contributed by atoms with Gasteiger partial charge in [0.15, 0.2) is 0 Å². The van der Waals surface area contributed by atoms with Crippen molar-refractivity contribution in [3.63, 3.8) is 0 Å². The Morgan fingerprint density at radius 2 is 1.82 bits per heavy atom. The minimum Gasteiger partial charge on any atom is -0.312 e. The number of rotatable bonds is 4. The molecule has 1 saturated carbocycles. The minimum absolute atomic E-state index is 0.804. The molecule has 2 nitrogen and oxygen atoms in total. The van der Waals surface area contributed by atoms with Crippen molar-refractivity contribution in [3.05, 3.63) is 0 Å². The van der Waals surface area contributed by atoms with E-state index < -0.39 is 0 Å². The molecule has 2 heteroatoms. The van der Waals surface area contributed by atoms with E-state index in [1.165, 1.54) is 51.6 Å². The molecule has 1 aliphatic heterocycles. The second-order valence-electron chi connectivity index (χ2n) is 6.54. The Balaban J connectivity index is 1.64. The first-order valence-electron chi connectivity index (χ1n) is 7.60. The number of hydrogen-bond acceptors (Lipinski definition) is 2. The molecule has 1 saturated heterocycles. The maximum atomic E-state index is 3.81. The van der Waals surface area contributed by atoms with E-state index in [1.54, 1.807) is 0 Å². The highest BCUT2D eigenvalue weighted by Gasteiger charge is 2.25. The van der Waals surface area contributed by atoms with E-state index in [-0.39, 0.29) is 0 Å². The van der Waals surface area contributed by atoms with E-state index in [1.807, 2.05) is 0 Å². The zero-order chi connectivity index (χ0) is 12.3. The van der Waals surface area contributed by atoms with Crippen molar-refractivity contribution in [2.45, 2.75) is 64.5 Å². The summed E-state index contributed by atoms with van der Waals surface area (Å²) in [6, 6.07) is 1.61. The predicted molar refractivity (Wildman–Crippen MR) is 74.2 cm³/mol. The van der Waals surface area contributed by atoms with E-state index >= 15 is 0 Å². The normalized spacial score (nSPS) is 35.6. The number of likely N-dealkylation sites (N-methyl/N-ethyl adjacent to an activating group) is 1. The lowest BCUT2D eigenvalue weighted by atomic mass is 9.79. The van der Waals surface area contributed by atoms with E-state index in [4.69, 9.17) is 0 Å². The highest BCUT2D eigenvalue weighted by Crippen LogP contribution is 2.29. The molecule has 0 aromatic heterocycles. The Hall–Kier alpha value is -0.0800. The first-order valence-corrected chi connectivity index (χ1v) is 7.60. The maximum absolute atomic E-state index is 3.81. The van der Waals surface area contributed by atoms with Crippen LogP contribution in [0.4, 0.5) is 0 Å². The molecular formula is C15H30N2. The van der Waals surface area contributed by atoms with Gasteiger partial charge in [-0.25, -0.2) is 0 Å². The van der Waals surface area contributed by atoms with Gasteiger partial charge in [-0.3, -0.25) is 0 Å². The first kappa shape index (κ1) is 13.4. The molecule has 2 rings (SSSR count). The lowest BCUT2D eigenvalue weighted by Crippen LogP contribution is -2.42. The summed E-state index contributed by atoms with van der Waals surface area (Å²) in [6.07, 6.45) is 8.47. The van der Waals surface area contributed by atoms with E-state index in [0.717, 1.165) is 23.9 Å².